The van der Waals surface area contributed by atoms with Gasteiger partial charge in [-0.2, -0.15) is 4.98 Å². The highest BCUT2D eigenvalue weighted by atomic mass is 16.5. The molecule has 4 heteroatoms. The number of nitrogens with zero attached hydrogens (tertiary/aromatic N) is 2. The van der Waals surface area contributed by atoms with Gasteiger partial charge in [-0.3, -0.25) is 0 Å². The Hall–Kier alpha value is -1.55. The first-order valence-electron chi connectivity index (χ1n) is 6.72. The van der Waals surface area contributed by atoms with Gasteiger partial charge in [0.1, 0.15) is 0 Å². The molecule has 2 aromatic rings. The minimum absolute atomic E-state index is 0.637. The van der Waals surface area contributed by atoms with Crippen molar-refractivity contribution in [2.45, 2.75) is 19.3 Å². The number of hydrogen-bond donors (Lipinski definition) is 1. The second-order valence-corrected chi connectivity index (χ2v) is 4.81. The Morgan fingerprint density at radius 1 is 1.22 bits per heavy atom. The average Bonchev–Trinajstić information content (AvgIpc) is 3.03. The fourth-order valence-electron chi connectivity index (χ4n) is 2.46. The molecule has 1 aromatic heterocycles. The molecule has 0 bridgehead atoms. The predicted octanol–water partition coefficient (Wildman–Crippen LogP) is 2.43. The maximum Gasteiger partial charge on any atom is 0.294 e. The van der Waals surface area contributed by atoms with E-state index in [1.54, 1.807) is 0 Å². The zero-order valence-electron chi connectivity index (χ0n) is 10.6. The molecule has 0 atom stereocenters. The maximum atomic E-state index is 5.66. The van der Waals surface area contributed by atoms with Gasteiger partial charge in [0, 0.05) is 6.54 Å². The summed E-state index contributed by atoms with van der Waals surface area (Å²) < 4.78 is 5.66. The van der Waals surface area contributed by atoms with E-state index in [9.17, 15) is 0 Å². The number of ether oxygens (including phenoxy) is 1. The van der Waals surface area contributed by atoms with Crippen LogP contribution in [0.2, 0.25) is 0 Å². The highest BCUT2D eigenvalue weighted by Crippen LogP contribution is 2.15. The van der Waals surface area contributed by atoms with E-state index in [0.29, 0.717) is 6.01 Å². The van der Waals surface area contributed by atoms with Crippen LogP contribution in [-0.4, -0.2) is 41.1 Å². The van der Waals surface area contributed by atoms with E-state index < -0.39 is 0 Å². The molecule has 1 N–H and O–H groups in total. The molecule has 18 heavy (non-hydrogen) atoms. The van der Waals surface area contributed by atoms with Gasteiger partial charge in [-0.05, 0) is 44.5 Å². The van der Waals surface area contributed by atoms with Crippen LogP contribution in [-0.2, 0) is 0 Å². The number of benzene rings is 1. The number of nitrogens with one attached hydrogen (secondary N) is 1. The van der Waals surface area contributed by atoms with Crippen LogP contribution in [0, 0.1) is 0 Å². The summed E-state index contributed by atoms with van der Waals surface area (Å²) in [6, 6.07) is 8.62. The van der Waals surface area contributed by atoms with E-state index >= 15 is 0 Å². The molecule has 1 aliphatic rings. The zero-order valence-corrected chi connectivity index (χ0v) is 10.6. The van der Waals surface area contributed by atoms with Gasteiger partial charge in [0.15, 0.2) is 0 Å². The first-order valence-corrected chi connectivity index (χ1v) is 6.72. The van der Waals surface area contributed by atoms with Crippen molar-refractivity contribution in [3.63, 3.8) is 0 Å². The van der Waals surface area contributed by atoms with Crippen LogP contribution < -0.4 is 4.74 Å². The molecule has 1 aromatic carbocycles. The number of fused-ring (bicyclic) bond motifs is 1. The SMILES string of the molecule is c1ccc2[nH]c(OCCCN3CCCC3)nc2c1. The van der Waals surface area contributed by atoms with Gasteiger partial charge in [-0.1, -0.05) is 12.1 Å². The molecule has 2 heterocycles. The lowest BCUT2D eigenvalue weighted by Crippen LogP contribution is -2.22. The van der Waals surface area contributed by atoms with Gasteiger partial charge in [0.25, 0.3) is 6.01 Å². The minimum atomic E-state index is 0.637. The largest absolute Gasteiger partial charge is 0.465 e. The molecule has 0 aliphatic carbocycles. The molecule has 0 saturated carbocycles. The number of para-hydroxylation sites is 2. The average molecular weight is 245 g/mol. The van der Waals surface area contributed by atoms with Gasteiger partial charge < -0.3 is 14.6 Å². The van der Waals surface area contributed by atoms with Gasteiger partial charge in [-0.15, -0.1) is 0 Å². The molecular weight excluding hydrogens is 226 g/mol. The van der Waals surface area contributed by atoms with Crippen molar-refractivity contribution in [2.24, 2.45) is 0 Å². The molecule has 0 unspecified atom stereocenters. The first-order chi connectivity index (χ1) is 8.92. The van der Waals surface area contributed by atoms with Crippen LogP contribution in [0.15, 0.2) is 24.3 Å². The Balaban J connectivity index is 1.47. The molecule has 3 rings (SSSR count). The Morgan fingerprint density at radius 3 is 2.89 bits per heavy atom. The fraction of sp³-hybridized carbons (Fsp3) is 0.500. The molecule has 0 radical (unpaired) electrons. The van der Waals surface area contributed by atoms with Crippen LogP contribution in [0.5, 0.6) is 6.01 Å². The molecule has 0 amide bonds. The Labute approximate surface area is 107 Å². The van der Waals surface area contributed by atoms with Crippen LogP contribution in [0.3, 0.4) is 0 Å². The third-order valence-electron chi connectivity index (χ3n) is 3.42. The lowest BCUT2D eigenvalue weighted by Gasteiger charge is -2.13. The Bertz CT molecular complexity index is 469. The smallest absolute Gasteiger partial charge is 0.294 e. The summed E-state index contributed by atoms with van der Waals surface area (Å²) in [5.41, 5.74) is 2.00. The minimum Gasteiger partial charge on any atom is -0.465 e. The molecule has 1 fully saturated rings. The summed E-state index contributed by atoms with van der Waals surface area (Å²) in [5, 5.41) is 0. The molecule has 1 saturated heterocycles. The van der Waals surface area contributed by atoms with Crippen molar-refractivity contribution < 1.29 is 4.74 Å². The van der Waals surface area contributed by atoms with E-state index in [4.69, 9.17) is 4.74 Å². The number of aromatic nitrogens is 2. The van der Waals surface area contributed by atoms with Crippen molar-refractivity contribution in [1.82, 2.24) is 14.9 Å². The summed E-state index contributed by atoms with van der Waals surface area (Å²) in [6.45, 7) is 4.38. The lowest BCUT2D eigenvalue weighted by molar-refractivity contribution is 0.252. The normalized spacial score (nSPS) is 16.4. The number of rotatable bonds is 5. The van der Waals surface area contributed by atoms with Crippen LogP contribution >= 0.6 is 0 Å². The summed E-state index contributed by atoms with van der Waals surface area (Å²) >= 11 is 0. The van der Waals surface area contributed by atoms with Gasteiger partial charge in [0.2, 0.25) is 0 Å². The number of H-pyrrole nitrogens is 1. The summed E-state index contributed by atoms with van der Waals surface area (Å²) in [6.07, 6.45) is 3.77. The molecule has 96 valence electrons. The zero-order chi connectivity index (χ0) is 12.2. The molecule has 1 aliphatic heterocycles. The number of imidazole rings is 1. The predicted molar refractivity (Wildman–Crippen MR) is 71.9 cm³/mol. The van der Waals surface area contributed by atoms with Crippen molar-refractivity contribution in [3.8, 4) is 6.01 Å². The standard InChI is InChI=1S/C14H19N3O/c1-2-7-13-12(6-1)15-14(16-13)18-11-5-10-17-8-3-4-9-17/h1-2,6-7H,3-5,8-11H2,(H,15,16). The van der Waals surface area contributed by atoms with E-state index in [1.165, 1.54) is 25.9 Å². The summed E-state index contributed by atoms with van der Waals surface area (Å²) in [7, 11) is 0. The van der Waals surface area contributed by atoms with E-state index in [1.807, 2.05) is 24.3 Å². The van der Waals surface area contributed by atoms with E-state index in [0.717, 1.165) is 30.6 Å². The van der Waals surface area contributed by atoms with Crippen LogP contribution in [0.25, 0.3) is 11.0 Å². The summed E-state index contributed by atoms with van der Waals surface area (Å²) in [4.78, 5) is 10.1. The third kappa shape index (κ3) is 2.64. The van der Waals surface area contributed by atoms with Gasteiger partial charge >= 0.3 is 0 Å². The number of likely N-dealkylation sites (tertiary alicyclic amines) is 1. The number of hydrogen-bond acceptors (Lipinski definition) is 3. The lowest BCUT2D eigenvalue weighted by atomic mass is 10.3. The second-order valence-electron chi connectivity index (χ2n) is 4.81. The van der Waals surface area contributed by atoms with Crippen LogP contribution in [0.4, 0.5) is 0 Å². The van der Waals surface area contributed by atoms with E-state index in [2.05, 4.69) is 14.9 Å². The van der Waals surface area contributed by atoms with Crippen molar-refractivity contribution in [3.05, 3.63) is 24.3 Å². The Kier molecular flexibility index (Phi) is 3.46. The summed E-state index contributed by atoms with van der Waals surface area (Å²) in [5.74, 6) is 0. The third-order valence-corrected chi connectivity index (χ3v) is 3.42. The monoisotopic (exact) mass is 245 g/mol. The molecule has 4 nitrogen and oxygen atoms in total. The van der Waals surface area contributed by atoms with Crippen molar-refractivity contribution in [2.75, 3.05) is 26.2 Å². The van der Waals surface area contributed by atoms with Crippen molar-refractivity contribution >= 4 is 11.0 Å². The topological polar surface area (TPSA) is 41.1 Å². The fourth-order valence-corrected chi connectivity index (χ4v) is 2.46. The van der Waals surface area contributed by atoms with Crippen molar-refractivity contribution in [1.29, 1.82) is 0 Å². The maximum absolute atomic E-state index is 5.66. The molecule has 0 spiro atoms. The highest BCUT2D eigenvalue weighted by Gasteiger charge is 2.10. The molecular formula is C14H19N3O. The quantitative estimate of drug-likeness (QED) is 0.822. The highest BCUT2D eigenvalue weighted by molar-refractivity contribution is 5.75. The number of aromatic amines is 1. The van der Waals surface area contributed by atoms with Crippen LogP contribution in [0.1, 0.15) is 19.3 Å². The van der Waals surface area contributed by atoms with Gasteiger partial charge in [-0.25, -0.2) is 0 Å². The second kappa shape index (κ2) is 5.40. The van der Waals surface area contributed by atoms with E-state index in [-0.39, 0.29) is 0 Å². The first kappa shape index (κ1) is 11.5. The Morgan fingerprint density at radius 2 is 2.06 bits per heavy atom. The van der Waals surface area contributed by atoms with Gasteiger partial charge in [0.05, 0.1) is 17.6 Å².